The van der Waals surface area contributed by atoms with Gasteiger partial charge in [0.05, 0.1) is 5.56 Å². The van der Waals surface area contributed by atoms with Crippen molar-refractivity contribution in [2.45, 2.75) is 0 Å². The van der Waals surface area contributed by atoms with Crippen molar-refractivity contribution in [3.63, 3.8) is 0 Å². The third-order valence-corrected chi connectivity index (χ3v) is 3.98. The second kappa shape index (κ2) is 7.77. The number of carbonyl (C=O) groups excluding carboxylic acids is 2. The molecule has 3 aromatic carbocycles. The first-order valence-corrected chi connectivity index (χ1v) is 8.12. The molecule has 0 saturated carbocycles. The molecule has 0 aromatic heterocycles. The Labute approximate surface area is 150 Å². The number of Topliss-reactive ketones (excluding diaryl/α,β-unsaturated/α-hetero) is 1. The van der Waals surface area contributed by atoms with E-state index in [4.69, 9.17) is 16.3 Å². The molecule has 124 valence electrons. The number of ether oxygens (including phenoxy) is 1. The molecule has 0 heterocycles. The summed E-state index contributed by atoms with van der Waals surface area (Å²) in [5.74, 6) is -0.798. The molecule has 0 N–H and O–H groups in total. The van der Waals surface area contributed by atoms with Gasteiger partial charge >= 0.3 is 5.97 Å². The van der Waals surface area contributed by atoms with Crippen LogP contribution in [0.2, 0.25) is 5.02 Å². The molecule has 0 radical (unpaired) electrons. The predicted molar refractivity (Wildman–Crippen MR) is 97.9 cm³/mol. The third-order valence-electron chi connectivity index (χ3n) is 3.73. The standard InChI is InChI=1S/C21H15ClO3/c22-19-12-10-17(11-13-19)20(23)14-25-21(24)18-8-6-16(7-9-18)15-4-2-1-3-5-15/h1-13H,14H2. The highest BCUT2D eigenvalue weighted by molar-refractivity contribution is 6.30. The van der Waals surface area contributed by atoms with Gasteiger partial charge in [0.25, 0.3) is 0 Å². The summed E-state index contributed by atoms with van der Waals surface area (Å²) >= 11 is 5.78. The lowest BCUT2D eigenvalue weighted by Crippen LogP contribution is -2.14. The molecule has 0 atom stereocenters. The quantitative estimate of drug-likeness (QED) is 0.478. The number of ketones is 1. The maximum atomic E-state index is 12.1. The lowest BCUT2D eigenvalue weighted by atomic mass is 10.0. The van der Waals surface area contributed by atoms with Gasteiger partial charge in [0.15, 0.2) is 12.4 Å². The molecule has 0 amide bonds. The van der Waals surface area contributed by atoms with Crippen LogP contribution in [0.4, 0.5) is 0 Å². The maximum absolute atomic E-state index is 12.1. The van der Waals surface area contributed by atoms with Crippen LogP contribution in [0.15, 0.2) is 78.9 Å². The van der Waals surface area contributed by atoms with E-state index >= 15 is 0 Å². The van der Waals surface area contributed by atoms with Crippen molar-refractivity contribution in [3.05, 3.63) is 95.0 Å². The molecule has 4 heteroatoms. The zero-order chi connectivity index (χ0) is 17.6. The van der Waals surface area contributed by atoms with Crippen molar-refractivity contribution in [2.24, 2.45) is 0 Å². The van der Waals surface area contributed by atoms with Crippen LogP contribution in [0.5, 0.6) is 0 Å². The minimum absolute atomic E-state index is 0.272. The van der Waals surface area contributed by atoms with Crippen molar-refractivity contribution in [2.75, 3.05) is 6.61 Å². The highest BCUT2D eigenvalue weighted by atomic mass is 35.5. The van der Waals surface area contributed by atoms with Gasteiger partial charge in [-0.2, -0.15) is 0 Å². The molecule has 3 rings (SSSR count). The highest BCUT2D eigenvalue weighted by Gasteiger charge is 2.12. The van der Waals surface area contributed by atoms with Crippen molar-refractivity contribution in [3.8, 4) is 11.1 Å². The fraction of sp³-hybridized carbons (Fsp3) is 0.0476. The summed E-state index contributed by atoms with van der Waals surface area (Å²) in [6.45, 7) is -0.305. The van der Waals surface area contributed by atoms with E-state index in [0.717, 1.165) is 11.1 Å². The minimum atomic E-state index is -0.526. The monoisotopic (exact) mass is 350 g/mol. The number of halogens is 1. The molecule has 25 heavy (non-hydrogen) atoms. The summed E-state index contributed by atoms with van der Waals surface area (Å²) in [6, 6.07) is 23.4. The second-order valence-corrected chi connectivity index (χ2v) is 5.89. The summed E-state index contributed by atoms with van der Waals surface area (Å²) in [4.78, 5) is 24.1. The highest BCUT2D eigenvalue weighted by Crippen LogP contribution is 2.19. The van der Waals surface area contributed by atoms with Gasteiger partial charge in [-0.1, -0.05) is 54.1 Å². The number of rotatable bonds is 5. The SMILES string of the molecule is O=C(COC(=O)c1ccc(-c2ccccc2)cc1)c1ccc(Cl)cc1. The summed E-state index contributed by atoms with van der Waals surface area (Å²) < 4.78 is 5.10. The fourth-order valence-corrected chi connectivity index (χ4v) is 2.49. The molecule has 0 unspecified atom stereocenters. The Hall–Kier alpha value is -2.91. The van der Waals surface area contributed by atoms with E-state index in [0.29, 0.717) is 16.1 Å². The van der Waals surface area contributed by atoms with Gasteiger partial charge in [0.2, 0.25) is 0 Å². The first-order valence-electron chi connectivity index (χ1n) is 7.75. The first kappa shape index (κ1) is 16.9. The van der Waals surface area contributed by atoms with Gasteiger partial charge in [-0.05, 0) is 47.5 Å². The van der Waals surface area contributed by atoms with Crippen LogP contribution in [-0.4, -0.2) is 18.4 Å². The van der Waals surface area contributed by atoms with Crippen LogP contribution in [-0.2, 0) is 4.74 Å². The number of carbonyl (C=O) groups is 2. The Bertz CT molecular complexity index is 869. The van der Waals surface area contributed by atoms with Gasteiger partial charge in [0.1, 0.15) is 0 Å². The Balaban J connectivity index is 1.61. The van der Waals surface area contributed by atoms with Crippen LogP contribution in [0.3, 0.4) is 0 Å². The lowest BCUT2D eigenvalue weighted by Gasteiger charge is -2.06. The van der Waals surface area contributed by atoms with Crippen molar-refractivity contribution in [1.82, 2.24) is 0 Å². The Kier molecular flexibility index (Phi) is 5.26. The maximum Gasteiger partial charge on any atom is 0.338 e. The van der Waals surface area contributed by atoms with Gasteiger partial charge in [-0.3, -0.25) is 4.79 Å². The number of hydrogen-bond donors (Lipinski definition) is 0. The molecule has 0 aliphatic rings. The van der Waals surface area contributed by atoms with Crippen LogP contribution in [0, 0.1) is 0 Å². The molecular formula is C21H15ClO3. The summed E-state index contributed by atoms with van der Waals surface area (Å²) in [7, 11) is 0. The zero-order valence-electron chi connectivity index (χ0n) is 13.3. The van der Waals surface area contributed by atoms with E-state index in [-0.39, 0.29) is 12.4 Å². The van der Waals surface area contributed by atoms with E-state index in [1.54, 1.807) is 36.4 Å². The molecule has 0 spiro atoms. The van der Waals surface area contributed by atoms with Crippen molar-refractivity contribution >= 4 is 23.4 Å². The molecule has 3 nitrogen and oxygen atoms in total. The van der Waals surface area contributed by atoms with Gasteiger partial charge in [-0.15, -0.1) is 0 Å². The summed E-state index contributed by atoms with van der Waals surface area (Å²) in [5, 5.41) is 0.548. The average Bonchev–Trinajstić information content (AvgIpc) is 2.67. The molecule has 0 bridgehead atoms. The summed E-state index contributed by atoms with van der Waals surface area (Å²) in [5.41, 5.74) is 2.94. The average molecular weight is 351 g/mol. The smallest absolute Gasteiger partial charge is 0.338 e. The Morgan fingerprint density at radius 2 is 1.28 bits per heavy atom. The third kappa shape index (κ3) is 4.34. The van der Waals surface area contributed by atoms with Crippen LogP contribution >= 0.6 is 11.6 Å². The largest absolute Gasteiger partial charge is 0.454 e. The van der Waals surface area contributed by atoms with Crippen molar-refractivity contribution in [1.29, 1.82) is 0 Å². The molecule has 0 fully saturated rings. The van der Waals surface area contributed by atoms with Gasteiger partial charge in [-0.25, -0.2) is 4.79 Å². The zero-order valence-corrected chi connectivity index (χ0v) is 14.1. The lowest BCUT2D eigenvalue weighted by molar-refractivity contribution is 0.0475. The summed E-state index contributed by atoms with van der Waals surface area (Å²) in [6.07, 6.45) is 0. The number of esters is 1. The predicted octanol–water partition coefficient (Wildman–Crippen LogP) is 5.05. The number of hydrogen-bond acceptors (Lipinski definition) is 3. The van der Waals surface area contributed by atoms with E-state index < -0.39 is 5.97 Å². The van der Waals surface area contributed by atoms with E-state index in [9.17, 15) is 9.59 Å². The second-order valence-electron chi connectivity index (χ2n) is 5.45. The van der Waals surface area contributed by atoms with E-state index in [1.807, 2.05) is 42.5 Å². The van der Waals surface area contributed by atoms with Gasteiger partial charge in [0, 0.05) is 10.6 Å². The minimum Gasteiger partial charge on any atom is -0.454 e. The number of benzene rings is 3. The molecule has 0 saturated heterocycles. The molecular weight excluding hydrogens is 336 g/mol. The topological polar surface area (TPSA) is 43.4 Å². The van der Waals surface area contributed by atoms with Crippen LogP contribution in [0.25, 0.3) is 11.1 Å². The molecule has 0 aliphatic carbocycles. The normalized spacial score (nSPS) is 10.3. The Morgan fingerprint density at radius 3 is 1.92 bits per heavy atom. The first-order chi connectivity index (χ1) is 12.1. The van der Waals surface area contributed by atoms with E-state index in [1.165, 1.54) is 0 Å². The fourth-order valence-electron chi connectivity index (χ4n) is 2.36. The van der Waals surface area contributed by atoms with Crippen LogP contribution in [0.1, 0.15) is 20.7 Å². The van der Waals surface area contributed by atoms with Gasteiger partial charge < -0.3 is 4.74 Å². The van der Waals surface area contributed by atoms with Crippen LogP contribution < -0.4 is 0 Å². The molecule has 0 aliphatic heterocycles. The molecule has 3 aromatic rings. The van der Waals surface area contributed by atoms with E-state index in [2.05, 4.69) is 0 Å². The van der Waals surface area contributed by atoms with Crippen molar-refractivity contribution < 1.29 is 14.3 Å². The Morgan fingerprint density at radius 1 is 0.720 bits per heavy atom.